The van der Waals surface area contributed by atoms with E-state index < -0.39 is 9.84 Å². The summed E-state index contributed by atoms with van der Waals surface area (Å²) >= 11 is 0. The van der Waals surface area contributed by atoms with Crippen LogP contribution in [-0.4, -0.2) is 33.5 Å². The molecule has 0 aliphatic rings. The van der Waals surface area contributed by atoms with Gasteiger partial charge in [-0.15, -0.1) is 0 Å². The molecule has 0 aliphatic carbocycles. The molecular weight excluding hydrogens is 462 g/mol. The predicted molar refractivity (Wildman–Crippen MR) is 131 cm³/mol. The van der Waals surface area contributed by atoms with Crippen molar-refractivity contribution in [2.75, 3.05) is 0 Å². The number of amides is 1. The number of carbonyl (C=O) groups excluding carboxylic acids is 1. The molecule has 3 aromatic heterocycles. The Labute approximate surface area is 202 Å². The highest BCUT2D eigenvalue weighted by atomic mass is 32.2. The third-order valence-electron chi connectivity index (χ3n) is 5.72. The van der Waals surface area contributed by atoms with Gasteiger partial charge in [0.05, 0.1) is 26.7 Å². The molecule has 2 aromatic carbocycles. The molecule has 5 aromatic rings. The number of hydrogen-bond acceptors (Lipinski definition) is 5. The van der Waals surface area contributed by atoms with Crippen molar-refractivity contribution in [3.8, 4) is 5.69 Å². The molecule has 9 heteroatoms. The van der Waals surface area contributed by atoms with E-state index in [1.807, 2.05) is 26.0 Å². The van der Waals surface area contributed by atoms with E-state index in [1.54, 1.807) is 82.3 Å². The Morgan fingerprint density at radius 2 is 1.77 bits per heavy atom. The predicted octanol–water partition coefficient (Wildman–Crippen LogP) is 3.90. The first kappa shape index (κ1) is 22.5. The summed E-state index contributed by atoms with van der Waals surface area (Å²) < 4.78 is 30.0. The number of sulfone groups is 1. The second-order valence-corrected chi connectivity index (χ2v) is 10.2. The van der Waals surface area contributed by atoms with Gasteiger partial charge in [-0.2, -0.15) is 5.10 Å². The summed E-state index contributed by atoms with van der Waals surface area (Å²) in [5.41, 5.74) is 4.53. The fourth-order valence-electron chi connectivity index (χ4n) is 3.93. The van der Waals surface area contributed by atoms with Crippen LogP contribution >= 0.6 is 0 Å². The minimum atomic E-state index is -3.72. The highest BCUT2D eigenvalue weighted by Gasteiger charge is 2.19. The Hall–Kier alpha value is -4.24. The number of hydrogen-bond donors (Lipinski definition) is 1. The van der Waals surface area contributed by atoms with Crippen LogP contribution in [0.5, 0.6) is 0 Å². The first-order valence-electron chi connectivity index (χ1n) is 11.0. The van der Waals surface area contributed by atoms with E-state index in [-0.39, 0.29) is 22.2 Å². The zero-order valence-corrected chi connectivity index (χ0v) is 20.0. The van der Waals surface area contributed by atoms with Crippen molar-refractivity contribution in [2.45, 2.75) is 30.2 Å². The molecule has 0 unspecified atom stereocenters. The summed E-state index contributed by atoms with van der Waals surface area (Å²) in [5.74, 6) is -0.224. The molecule has 8 nitrogen and oxygen atoms in total. The highest BCUT2D eigenvalue weighted by molar-refractivity contribution is 7.91. The van der Waals surface area contributed by atoms with E-state index in [2.05, 4.69) is 15.4 Å². The van der Waals surface area contributed by atoms with E-state index in [0.29, 0.717) is 11.3 Å². The van der Waals surface area contributed by atoms with Crippen LogP contribution in [-0.2, 0) is 16.4 Å². The van der Waals surface area contributed by atoms with Crippen LogP contribution in [0.3, 0.4) is 0 Å². The molecule has 0 radical (unpaired) electrons. The van der Waals surface area contributed by atoms with Gasteiger partial charge in [0.2, 0.25) is 9.84 Å². The Bertz CT molecular complexity index is 1650. The van der Waals surface area contributed by atoms with Gasteiger partial charge in [-0.1, -0.05) is 18.2 Å². The molecule has 0 aliphatic heterocycles. The molecule has 0 spiro atoms. The average Bonchev–Trinajstić information content (AvgIpc) is 3.47. The SMILES string of the molecule is Cc1cc(C)n(-c2cccc(S(=O)(=O)c3ccc(CNC(=O)c4ccc5nccn5c4)cc3)c2)n1. The number of pyridine rings is 1. The Morgan fingerprint density at radius 1 is 0.971 bits per heavy atom. The van der Waals surface area contributed by atoms with Gasteiger partial charge in [0.1, 0.15) is 5.65 Å². The van der Waals surface area contributed by atoms with Crippen LogP contribution in [0.4, 0.5) is 0 Å². The lowest BCUT2D eigenvalue weighted by Crippen LogP contribution is -2.23. The lowest BCUT2D eigenvalue weighted by Gasteiger charge is -2.10. The van der Waals surface area contributed by atoms with Gasteiger partial charge in [0.25, 0.3) is 5.91 Å². The zero-order chi connectivity index (χ0) is 24.6. The zero-order valence-electron chi connectivity index (χ0n) is 19.2. The van der Waals surface area contributed by atoms with Crippen molar-refractivity contribution in [1.82, 2.24) is 24.5 Å². The van der Waals surface area contributed by atoms with Gasteiger partial charge >= 0.3 is 0 Å². The van der Waals surface area contributed by atoms with Crippen LogP contribution < -0.4 is 5.32 Å². The lowest BCUT2D eigenvalue weighted by molar-refractivity contribution is 0.0950. The molecule has 0 atom stereocenters. The van der Waals surface area contributed by atoms with E-state index in [1.165, 1.54) is 0 Å². The van der Waals surface area contributed by atoms with Gasteiger partial charge in [-0.05, 0) is 67.9 Å². The third-order valence-corrected chi connectivity index (χ3v) is 7.49. The molecule has 0 bridgehead atoms. The van der Waals surface area contributed by atoms with Gasteiger partial charge in [-0.25, -0.2) is 18.1 Å². The number of aryl methyl sites for hydroxylation is 2. The maximum Gasteiger partial charge on any atom is 0.253 e. The monoisotopic (exact) mass is 485 g/mol. The largest absolute Gasteiger partial charge is 0.348 e. The molecule has 3 heterocycles. The summed E-state index contributed by atoms with van der Waals surface area (Å²) in [5, 5.41) is 7.30. The number of imidazole rings is 1. The minimum Gasteiger partial charge on any atom is -0.348 e. The number of benzene rings is 2. The number of rotatable bonds is 6. The minimum absolute atomic E-state index is 0.184. The van der Waals surface area contributed by atoms with Gasteiger partial charge in [0.15, 0.2) is 0 Å². The topological polar surface area (TPSA) is 98.4 Å². The van der Waals surface area contributed by atoms with Crippen molar-refractivity contribution < 1.29 is 13.2 Å². The summed E-state index contributed by atoms with van der Waals surface area (Å²) in [6.07, 6.45) is 5.16. The molecule has 35 heavy (non-hydrogen) atoms. The molecule has 0 saturated heterocycles. The molecule has 176 valence electrons. The normalized spacial score (nSPS) is 11.6. The van der Waals surface area contributed by atoms with E-state index in [4.69, 9.17) is 0 Å². The lowest BCUT2D eigenvalue weighted by atomic mass is 10.2. The first-order valence-corrected chi connectivity index (χ1v) is 12.5. The Balaban J connectivity index is 1.31. The summed E-state index contributed by atoms with van der Waals surface area (Å²) in [4.78, 5) is 17.1. The summed E-state index contributed by atoms with van der Waals surface area (Å²) in [6.45, 7) is 4.09. The second kappa shape index (κ2) is 8.84. The molecule has 0 fully saturated rings. The van der Waals surface area contributed by atoms with Crippen molar-refractivity contribution in [3.05, 3.63) is 108 Å². The molecular formula is C26H23N5O3S. The molecule has 0 saturated carbocycles. The molecule has 5 rings (SSSR count). The maximum absolute atomic E-state index is 13.2. The standard InChI is InChI=1S/C26H23N5O3S/c1-18-14-19(2)31(29-18)22-4-3-5-24(15-22)35(33,34)23-9-6-20(7-10-23)16-28-26(32)21-8-11-25-27-12-13-30(25)17-21/h3-15,17H,16H2,1-2H3,(H,28,32). The fraction of sp³-hybridized carbons (Fsp3) is 0.115. The van der Waals surface area contributed by atoms with Crippen molar-refractivity contribution >= 4 is 21.4 Å². The molecule has 1 amide bonds. The van der Waals surface area contributed by atoms with Crippen molar-refractivity contribution in [1.29, 1.82) is 0 Å². The average molecular weight is 486 g/mol. The summed E-state index contributed by atoms with van der Waals surface area (Å²) in [6, 6.07) is 18.7. The van der Waals surface area contributed by atoms with E-state index in [0.717, 1.165) is 22.6 Å². The van der Waals surface area contributed by atoms with Gasteiger partial charge in [-0.3, -0.25) is 4.79 Å². The van der Waals surface area contributed by atoms with E-state index in [9.17, 15) is 13.2 Å². The van der Waals surface area contributed by atoms with Crippen LogP contribution in [0.25, 0.3) is 11.3 Å². The van der Waals surface area contributed by atoms with Crippen LogP contribution in [0.15, 0.2) is 95.1 Å². The maximum atomic E-state index is 13.2. The fourth-order valence-corrected chi connectivity index (χ4v) is 5.23. The number of nitrogens with zero attached hydrogens (tertiary/aromatic N) is 4. The van der Waals surface area contributed by atoms with Crippen molar-refractivity contribution in [2.24, 2.45) is 0 Å². The van der Waals surface area contributed by atoms with Crippen molar-refractivity contribution in [3.63, 3.8) is 0 Å². The summed E-state index contributed by atoms with van der Waals surface area (Å²) in [7, 11) is -3.72. The molecule has 1 N–H and O–H groups in total. The first-order chi connectivity index (χ1) is 16.8. The second-order valence-electron chi connectivity index (χ2n) is 8.28. The number of nitrogens with one attached hydrogen (secondary N) is 1. The number of aromatic nitrogens is 4. The number of fused-ring (bicyclic) bond motifs is 1. The van der Waals surface area contributed by atoms with Crippen LogP contribution in [0.2, 0.25) is 0 Å². The van der Waals surface area contributed by atoms with Crippen LogP contribution in [0, 0.1) is 13.8 Å². The van der Waals surface area contributed by atoms with E-state index >= 15 is 0 Å². The Morgan fingerprint density at radius 3 is 2.51 bits per heavy atom. The van der Waals surface area contributed by atoms with Gasteiger partial charge in [0, 0.05) is 30.8 Å². The third kappa shape index (κ3) is 4.45. The number of carbonyl (C=O) groups is 1. The smallest absolute Gasteiger partial charge is 0.253 e. The highest BCUT2D eigenvalue weighted by Crippen LogP contribution is 2.24. The quantitative estimate of drug-likeness (QED) is 0.393. The van der Waals surface area contributed by atoms with Crippen LogP contribution in [0.1, 0.15) is 27.3 Å². The Kier molecular flexibility index (Phi) is 5.70. The van der Waals surface area contributed by atoms with Gasteiger partial charge < -0.3 is 9.72 Å².